The maximum atomic E-state index is 10.6. The summed E-state index contributed by atoms with van der Waals surface area (Å²) in [5.41, 5.74) is 1.04. The van der Waals surface area contributed by atoms with Gasteiger partial charge in [-0.15, -0.1) is 0 Å². The van der Waals surface area contributed by atoms with Crippen LogP contribution in [0.4, 0.5) is 0 Å². The lowest BCUT2D eigenvalue weighted by Gasteiger charge is -2.07. The Morgan fingerprint density at radius 2 is 1.48 bits per heavy atom. The summed E-state index contributed by atoms with van der Waals surface area (Å²) in [5.74, 6) is 0.973. The fourth-order valence-corrected chi connectivity index (χ4v) is 2.91. The molecule has 1 aromatic rings. The van der Waals surface area contributed by atoms with Crippen LogP contribution in [0.3, 0.4) is 0 Å². The summed E-state index contributed by atoms with van der Waals surface area (Å²) >= 11 is 0. The van der Waals surface area contributed by atoms with Crippen LogP contribution in [0, 0.1) is 5.92 Å². The van der Waals surface area contributed by atoms with Crippen LogP contribution in [-0.4, -0.2) is 17.7 Å². The number of carboxylic acid groups (broad SMARTS) is 1. The van der Waals surface area contributed by atoms with Gasteiger partial charge in [0.1, 0.15) is 5.75 Å². The molecule has 0 saturated carbocycles. The van der Waals surface area contributed by atoms with Gasteiger partial charge in [0.2, 0.25) is 0 Å². The van der Waals surface area contributed by atoms with E-state index in [1.165, 1.54) is 51.4 Å². The highest BCUT2D eigenvalue weighted by Crippen LogP contribution is 2.15. The van der Waals surface area contributed by atoms with Gasteiger partial charge in [-0.2, -0.15) is 0 Å². The number of carbonyl (C=O) groups is 1. The molecule has 0 unspecified atom stereocenters. The van der Waals surface area contributed by atoms with Crippen LogP contribution in [0.15, 0.2) is 24.3 Å². The molecule has 0 heterocycles. The number of hydrogen-bond acceptors (Lipinski definition) is 2. The van der Waals surface area contributed by atoms with Gasteiger partial charge >= 0.3 is 5.97 Å². The zero-order valence-corrected chi connectivity index (χ0v) is 16.1. The van der Waals surface area contributed by atoms with E-state index in [9.17, 15) is 4.79 Å². The number of carboxylic acids is 1. The first-order valence-corrected chi connectivity index (χ1v) is 10.0. The van der Waals surface area contributed by atoms with Crippen LogP contribution < -0.4 is 4.74 Å². The van der Waals surface area contributed by atoms with Crippen LogP contribution >= 0.6 is 0 Å². The van der Waals surface area contributed by atoms with Gasteiger partial charge in [-0.3, -0.25) is 4.79 Å². The zero-order valence-electron chi connectivity index (χ0n) is 16.1. The fraction of sp³-hybridized carbons (Fsp3) is 0.682. The normalized spacial score (nSPS) is 11.0. The highest BCUT2D eigenvalue weighted by atomic mass is 16.5. The van der Waals surface area contributed by atoms with Crippen LogP contribution in [-0.2, 0) is 11.2 Å². The Hall–Kier alpha value is -1.51. The summed E-state index contributed by atoms with van der Waals surface area (Å²) in [6.45, 7) is 5.37. The van der Waals surface area contributed by atoms with Gasteiger partial charge in [-0.05, 0) is 36.5 Å². The minimum Gasteiger partial charge on any atom is -0.494 e. The molecule has 0 fully saturated rings. The van der Waals surface area contributed by atoms with Crippen molar-refractivity contribution in [3.8, 4) is 5.75 Å². The molecule has 0 aliphatic rings. The second kappa shape index (κ2) is 13.7. The Balaban J connectivity index is 1.95. The molecule has 1 aromatic carbocycles. The van der Waals surface area contributed by atoms with E-state index in [1.54, 1.807) is 0 Å². The number of aliphatic carboxylic acids is 1. The van der Waals surface area contributed by atoms with Gasteiger partial charge in [-0.1, -0.05) is 77.3 Å². The third kappa shape index (κ3) is 12.5. The molecule has 0 amide bonds. The second-order valence-corrected chi connectivity index (χ2v) is 7.40. The Labute approximate surface area is 153 Å². The van der Waals surface area contributed by atoms with E-state index in [-0.39, 0.29) is 6.42 Å². The molecule has 0 saturated heterocycles. The zero-order chi connectivity index (χ0) is 18.3. The quantitative estimate of drug-likeness (QED) is 0.381. The van der Waals surface area contributed by atoms with Crippen molar-refractivity contribution >= 4 is 5.97 Å². The molecule has 0 atom stereocenters. The van der Waals surface area contributed by atoms with Crippen LogP contribution in [0.5, 0.6) is 5.75 Å². The van der Waals surface area contributed by atoms with E-state index in [2.05, 4.69) is 13.8 Å². The standard InChI is InChI=1S/C22H36O3/c1-19(2)11-9-7-5-3-4-6-8-10-18-25-21-15-12-20(13-16-21)14-17-22(23)24/h12-13,15-16,19H,3-11,14,17-18H2,1-2H3,(H,23,24). The summed E-state index contributed by atoms with van der Waals surface area (Å²) in [4.78, 5) is 10.6. The molecule has 0 aliphatic heterocycles. The van der Waals surface area contributed by atoms with Gasteiger partial charge in [0.05, 0.1) is 6.61 Å². The molecule has 0 spiro atoms. The first-order chi connectivity index (χ1) is 12.1. The largest absolute Gasteiger partial charge is 0.494 e. The van der Waals surface area contributed by atoms with Crippen molar-refractivity contribution in [3.05, 3.63) is 29.8 Å². The number of rotatable bonds is 15. The smallest absolute Gasteiger partial charge is 0.303 e. The first kappa shape index (κ1) is 21.5. The van der Waals surface area contributed by atoms with Gasteiger partial charge in [0, 0.05) is 6.42 Å². The topological polar surface area (TPSA) is 46.5 Å². The Bertz CT molecular complexity index is 451. The van der Waals surface area contributed by atoms with E-state index in [1.807, 2.05) is 24.3 Å². The number of aryl methyl sites for hydroxylation is 1. The van der Waals surface area contributed by atoms with Crippen molar-refractivity contribution < 1.29 is 14.6 Å². The van der Waals surface area contributed by atoms with Crippen molar-refractivity contribution in [3.63, 3.8) is 0 Å². The number of benzene rings is 1. The number of ether oxygens (including phenoxy) is 1. The minimum atomic E-state index is -0.754. The van der Waals surface area contributed by atoms with Crippen molar-refractivity contribution in [1.29, 1.82) is 0 Å². The summed E-state index contributed by atoms with van der Waals surface area (Å²) in [6, 6.07) is 7.79. The Kier molecular flexibility index (Phi) is 11.8. The summed E-state index contributed by atoms with van der Waals surface area (Å²) in [6.07, 6.45) is 12.7. The van der Waals surface area contributed by atoms with Gasteiger partial charge in [0.25, 0.3) is 0 Å². The molecule has 3 nitrogen and oxygen atoms in total. The summed E-state index contributed by atoms with van der Waals surface area (Å²) in [5, 5.41) is 8.68. The van der Waals surface area contributed by atoms with E-state index < -0.39 is 5.97 Å². The van der Waals surface area contributed by atoms with E-state index >= 15 is 0 Å². The maximum absolute atomic E-state index is 10.6. The average molecular weight is 349 g/mol. The lowest BCUT2D eigenvalue weighted by atomic mass is 10.0. The molecule has 0 aliphatic carbocycles. The third-order valence-electron chi connectivity index (χ3n) is 4.50. The van der Waals surface area contributed by atoms with Crippen LogP contribution in [0.1, 0.15) is 83.6 Å². The molecule has 1 N–H and O–H groups in total. The monoisotopic (exact) mass is 348 g/mol. The SMILES string of the molecule is CC(C)CCCCCCCCCCOc1ccc(CCC(=O)O)cc1. The Morgan fingerprint density at radius 3 is 2.04 bits per heavy atom. The highest BCUT2D eigenvalue weighted by molar-refractivity contribution is 5.67. The summed E-state index contributed by atoms with van der Waals surface area (Å²) < 4.78 is 5.75. The lowest BCUT2D eigenvalue weighted by molar-refractivity contribution is -0.136. The van der Waals surface area contributed by atoms with E-state index in [0.717, 1.165) is 30.3 Å². The lowest BCUT2D eigenvalue weighted by Crippen LogP contribution is -1.99. The van der Waals surface area contributed by atoms with Crippen molar-refractivity contribution in [2.75, 3.05) is 6.61 Å². The number of hydrogen-bond donors (Lipinski definition) is 1. The van der Waals surface area contributed by atoms with Gasteiger partial charge in [-0.25, -0.2) is 0 Å². The molecular weight excluding hydrogens is 312 g/mol. The van der Waals surface area contributed by atoms with Crippen molar-refractivity contribution in [2.45, 2.75) is 84.5 Å². The van der Waals surface area contributed by atoms with Crippen molar-refractivity contribution in [2.24, 2.45) is 5.92 Å². The van der Waals surface area contributed by atoms with Gasteiger partial charge < -0.3 is 9.84 Å². The molecule has 3 heteroatoms. The Morgan fingerprint density at radius 1 is 0.920 bits per heavy atom. The molecule has 0 radical (unpaired) electrons. The average Bonchev–Trinajstić information content (AvgIpc) is 2.58. The van der Waals surface area contributed by atoms with E-state index in [4.69, 9.17) is 9.84 Å². The molecule has 25 heavy (non-hydrogen) atoms. The molecule has 0 bridgehead atoms. The first-order valence-electron chi connectivity index (χ1n) is 10.0. The third-order valence-corrected chi connectivity index (χ3v) is 4.50. The van der Waals surface area contributed by atoms with E-state index in [0.29, 0.717) is 6.42 Å². The minimum absolute atomic E-state index is 0.179. The van der Waals surface area contributed by atoms with Crippen LogP contribution in [0.2, 0.25) is 0 Å². The van der Waals surface area contributed by atoms with Crippen LogP contribution in [0.25, 0.3) is 0 Å². The molecule has 142 valence electrons. The molecule has 1 rings (SSSR count). The number of unbranched alkanes of at least 4 members (excludes halogenated alkanes) is 7. The van der Waals surface area contributed by atoms with Gasteiger partial charge in [0.15, 0.2) is 0 Å². The molecular formula is C22H36O3. The predicted molar refractivity (Wildman–Crippen MR) is 104 cm³/mol. The summed E-state index contributed by atoms with van der Waals surface area (Å²) in [7, 11) is 0. The maximum Gasteiger partial charge on any atom is 0.303 e. The molecule has 0 aromatic heterocycles. The predicted octanol–water partition coefficient (Wildman–Crippen LogP) is 6.25. The highest BCUT2D eigenvalue weighted by Gasteiger charge is 2.00. The van der Waals surface area contributed by atoms with Crippen molar-refractivity contribution in [1.82, 2.24) is 0 Å². The second-order valence-electron chi connectivity index (χ2n) is 7.40. The fourth-order valence-electron chi connectivity index (χ4n) is 2.91.